The molecule has 0 saturated heterocycles. The summed E-state index contributed by atoms with van der Waals surface area (Å²) in [7, 11) is 1.67. The fourth-order valence-corrected chi connectivity index (χ4v) is 1.81. The SMILES string of the molecule is COc1cccc(Cn2nc(C)c(N)c2C)c1. The van der Waals surface area contributed by atoms with E-state index in [1.165, 1.54) is 0 Å². The highest BCUT2D eigenvalue weighted by atomic mass is 16.5. The number of ether oxygens (including phenoxy) is 1. The van der Waals surface area contributed by atoms with Crippen molar-refractivity contribution in [2.45, 2.75) is 20.4 Å². The summed E-state index contributed by atoms with van der Waals surface area (Å²) in [6.45, 7) is 4.61. The molecular weight excluding hydrogens is 214 g/mol. The normalized spacial score (nSPS) is 10.5. The van der Waals surface area contributed by atoms with Crippen LogP contribution >= 0.6 is 0 Å². The summed E-state index contributed by atoms with van der Waals surface area (Å²) in [5.41, 5.74) is 9.71. The minimum atomic E-state index is 0.709. The lowest BCUT2D eigenvalue weighted by molar-refractivity contribution is 0.414. The molecule has 0 unspecified atom stereocenters. The van der Waals surface area contributed by atoms with Gasteiger partial charge in [0.15, 0.2) is 0 Å². The number of hydrogen-bond donors (Lipinski definition) is 1. The first-order valence-corrected chi connectivity index (χ1v) is 5.54. The summed E-state index contributed by atoms with van der Waals surface area (Å²) in [6, 6.07) is 7.96. The van der Waals surface area contributed by atoms with Crippen LogP contribution in [-0.4, -0.2) is 16.9 Å². The third-order valence-corrected chi connectivity index (χ3v) is 2.90. The second-order valence-corrected chi connectivity index (χ2v) is 4.09. The lowest BCUT2D eigenvalue weighted by atomic mass is 10.2. The van der Waals surface area contributed by atoms with Crippen molar-refractivity contribution in [1.29, 1.82) is 0 Å². The topological polar surface area (TPSA) is 53.1 Å². The van der Waals surface area contributed by atoms with Crippen LogP contribution in [0.5, 0.6) is 5.75 Å². The molecule has 17 heavy (non-hydrogen) atoms. The maximum absolute atomic E-state index is 5.90. The van der Waals surface area contributed by atoms with E-state index in [2.05, 4.69) is 11.2 Å². The number of nitrogens with two attached hydrogens (primary N) is 1. The highest BCUT2D eigenvalue weighted by Gasteiger charge is 2.08. The fourth-order valence-electron chi connectivity index (χ4n) is 1.81. The van der Waals surface area contributed by atoms with Gasteiger partial charge in [-0.2, -0.15) is 5.10 Å². The molecule has 1 aromatic heterocycles. The van der Waals surface area contributed by atoms with Gasteiger partial charge in [-0.3, -0.25) is 4.68 Å². The summed E-state index contributed by atoms with van der Waals surface area (Å²) >= 11 is 0. The van der Waals surface area contributed by atoms with Crippen molar-refractivity contribution in [3.63, 3.8) is 0 Å². The van der Waals surface area contributed by atoms with Crippen LogP contribution < -0.4 is 10.5 Å². The maximum Gasteiger partial charge on any atom is 0.119 e. The highest BCUT2D eigenvalue weighted by molar-refractivity contribution is 5.47. The third kappa shape index (κ3) is 2.25. The van der Waals surface area contributed by atoms with E-state index in [9.17, 15) is 0 Å². The predicted molar refractivity (Wildman–Crippen MR) is 68.2 cm³/mol. The molecule has 0 atom stereocenters. The van der Waals surface area contributed by atoms with Gasteiger partial charge in [0.1, 0.15) is 5.75 Å². The molecule has 0 amide bonds. The van der Waals surface area contributed by atoms with Crippen molar-refractivity contribution in [1.82, 2.24) is 9.78 Å². The Morgan fingerprint density at radius 3 is 2.71 bits per heavy atom. The van der Waals surface area contributed by atoms with E-state index in [0.29, 0.717) is 6.54 Å². The first kappa shape index (κ1) is 11.5. The molecule has 0 bridgehead atoms. The van der Waals surface area contributed by atoms with Gasteiger partial charge >= 0.3 is 0 Å². The van der Waals surface area contributed by atoms with Crippen molar-refractivity contribution in [2.24, 2.45) is 0 Å². The fraction of sp³-hybridized carbons (Fsp3) is 0.308. The molecule has 0 aliphatic heterocycles. The van der Waals surface area contributed by atoms with Gasteiger partial charge in [-0.15, -0.1) is 0 Å². The van der Waals surface area contributed by atoms with E-state index in [0.717, 1.165) is 28.4 Å². The van der Waals surface area contributed by atoms with Gasteiger partial charge in [-0.25, -0.2) is 0 Å². The van der Waals surface area contributed by atoms with Gasteiger partial charge in [0.25, 0.3) is 0 Å². The number of aryl methyl sites for hydroxylation is 1. The molecule has 0 radical (unpaired) electrons. The molecule has 0 saturated carbocycles. The largest absolute Gasteiger partial charge is 0.497 e. The van der Waals surface area contributed by atoms with Crippen LogP contribution in [0, 0.1) is 13.8 Å². The Morgan fingerprint density at radius 2 is 2.12 bits per heavy atom. The molecule has 1 heterocycles. The number of rotatable bonds is 3. The van der Waals surface area contributed by atoms with Crippen molar-refractivity contribution in [3.05, 3.63) is 41.2 Å². The Bertz CT molecular complexity index is 531. The molecule has 0 aliphatic rings. The molecule has 0 aliphatic carbocycles. The first-order valence-electron chi connectivity index (χ1n) is 5.54. The Kier molecular flexibility index (Phi) is 3.04. The predicted octanol–water partition coefficient (Wildman–Crippen LogP) is 2.14. The van der Waals surface area contributed by atoms with E-state index in [-0.39, 0.29) is 0 Å². The smallest absolute Gasteiger partial charge is 0.119 e. The van der Waals surface area contributed by atoms with Crippen molar-refractivity contribution >= 4 is 5.69 Å². The van der Waals surface area contributed by atoms with Gasteiger partial charge in [-0.1, -0.05) is 12.1 Å². The summed E-state index contributed by atoms with van der Waals surface area (Å²) in [5, 5.41) is 4.41. The number of methoxy groups -OCH3 is 1. The number of nitrogens with zero attached hydrogens (tertiary/aromatic N) is 2. The van der Waals surface area contributed by atoms with Crippen molar-refractivity contribution in [2.75, 3.05) is 12.8 Å². The number of aromatic nitrogens is 2. The van der Waals surface area contributed by atoms with E-state index >= 15 is 0 Å². The quantitative estimate of drug-likeness (QED) is 0.880. The molecule has 2 aromatic rings. The number of benzene rings is 1. The van der Waals surface area contributed by atoms with Crippen LogP contribution in [0.2, 0.25) is 0 Å². The van der Waals surface area contributed by atoms with Crippen LogP contribution in [0.1, 0.15) is 17.0 Å². The molecule has 2 N–H and O–H groups in total. The maximum atomic E-state index is 5.90. The molecule has 2 rings (SSSR count). The lowest BCUT2D eigenvalue weighted by Gasteiger charge is -2.06. The minimum absolute atomic E-state index is 0.709. The highest BCUT2D eigenvalue weighted by Crippen LogP contribution is 2.18. The van der Waals surface area contributed by atoms with Gasteiger partial charge < -0.3 is 10.5 Å². The summed E-state index contributed by atoms with van der Waals surface area (Å²) in [6.07, 6.45) is 0. The first-order chi connectivity index (χ1) is 8.11. The Balaban J connectivity index is 2.28. The lowest BCUT2D eigenvalue weighted by Crippen LogP contribution is -2.04. The second kappa shape index (κ2) is 4.49. The number of anilines is 1. The molecule has 4 nitrogen and oxygen atoms in total. The van der Waals surface area contributed by atoms with Gasteiger partial charge in [-0.05, 0) is 31.5 Å². The van der Waals surface area contributed by atoms with Gasteiger partial charge in [0.2, 0.25) is 0 Å². The monoisotopic (exact) mass is 231 g/mol. The average Bonchev–Trinajstić information content (AvgIpc) is 2.57. The molecule has 90 valence electrons. The Labute approximate surface area is 101 Å². The molecule has 0 fully saturated rings. The van der Waals surface area contributed by atoms with Crippen LogP contribution in [0.4, 0.5) is 5.69 Å². The van der Waals surface area contributed by atoms with Gasteiger partial charge in [0.05, 0.1) is 30.7 Å². The van der Waals surface area contributed by atoms with Crippen LogP contribution in [0.25, 0.3) is 0 Å². The Hall–Kier alpha value is -1.97. The second-order valence-electron chi connectivity index (χ2n) is 4.09. The van der Waals surface area contributed by atoms with Crippen molar-refractivity contribution in [3.8, 4) is 5.75 Å². The zero-order valence-electron chi connectivity index (χ0n) is 10.4. The van der Waals surface area contributed by atoms with Gasteiger partial charge in [0, 0.05) is 0 Å². The van der Waals surface area contributed by atoms with E-state index in [1.54, 1.807) is 7.11 Å². The summed E-state index contributed by atoms with van der Waals surface area (Å²) < 4.78 is 7.11. The average molecular weight is 231 g/mol. The third-order valence-electron chi connectivity index (χ3n) is 2.90. The molecule has 4 heteroatoms. The molecule has 0 spiro atoms. The van der Waals surface area contributed by atoms with E-state index in [4.69, 9.17) is 10.5 Å². The number of nitrogen functional groups attached to an aromatic ring is 1. The molecular formula is C13H17N3O. The zero-order chi connectivity index (χ0) is 12.4. The summed E-state index contributed by atoms with van der Waals surface area (Å²) in [5.74, 6) is 0.858. The zero-order valence-corrected chi connectivity index (χ0v) is 10.4. The minimum Gasteiger partial charge on any atom is -0.497 e. The van der Waals surface area contributed by atoms with Crippen LogP contribution in [0.15, 0.2) is 24.3 Å². The Morgan fingerprint density at radius 1 is 1.35 bits per heavy atom. The van der Waals surface area contributed by atoms with Crippen molar-refractivity contribution < 1.29 is 4.74 Å². The van der Waals surface area contributed by atoms with E-state index in [1.807, 2.05) is 36.7 Å². The standard InChI is InChI=1S/C13H17N3O/c1-9-13(14)10(2)16(15-9)8-11-5-4-6-12(7-11)17-3/h4-7H,8,14H2,1-3H3. The molecule has 1 aromatic carbocycles. The number of hydrogen-bond acceptors (Lipinski definition) is 3. The van der Waals surface area contributed by atoms with Crippen LogP contribution in [0.3, 0.4) is 0 Å². The van der Waals surface area contributed by atoms with Crippen LogP contribution in [-0.2, 0) is 6.54 Å². The summed E-state index contributed by atoms with van der Waals surface area (Å²) in [4.78, 5) is 0. The van der Waals surface area contributed by atoms with E-state index < -0.39 is 0 Å².